The smallest absolute Gasteiger partial charge is 0.338 e. The van der Waals surface area contributed by atoms with Gasteiger partial charge < -0.3 is 15.8 Å². The predicted molar refractivity (Wildman–Crippen MR) is 48.2 cm³/mol. The van der Waals surface area contributed by atoms with E-state index in [4.69, 9.17) is 10.5 Å². The first-order chi connectivity index (χ1) is 6.52. The van der Waals surface area contributed by atoms with Crippen LogP contribution in [0.1, 0.15) is 20.3 Å². The van der Waals surface area contributed by atoms with Crippen molar-refractivity contribution in [2.45, 2.75) is 31.4 Å². The third-order valence-corrected chi connectivity index (χ3v) is 3.53. The van der Waals surface area contributed by atoms with Crippen LogP contribution >= 0.6 is 0 Å². The second-order valence-corrected chi connectivity index (χ2v) is 4.06. The molecule has 2 aliphatic heterocycles. The number of hydrogen-bond donors (Lipinski definition) is 2. The van der Waals surface area contributed by atoms with Crippen LogP contribution < -0.4 is 11.1 Å². The lowest BCUT2D eigenvalue weighted by atomic mass is 9.71. The Hall–Kier alpha value is -1.10. The van der Waals surface area contributed by atoms with E-state index in [1.165, 1.54) is 0 Å². The number of rotatable bonds is 2. The monoisotopic (exact) mass is 198 g/mol. The predicted octanol–water partition coefficient (Wildman–Crippen LogP) is -0.845. The molecule has 3 atom stereocenters. The molecule has 78 valence electrons. The summed E-state index contributed by atoms with van der Waals surface area (Å²) in [6, 6.07) is 0. The standard InChI is InChI=1S/C9H14N2O3/c1-3-5-6(12)11-9(4-10)7(13)14-8(5,9)2/h5H,3-4,10H2,1-2H3,(H,11,12). The fraction of sp³-hybridized carbons (Fsp3) is 0.778. The van der Waals surface area contributed by atoms with E-state index in [0.29, 0.717) is 6.42 Å². The molecule has 2 saturated heterocycles. The lowest BCUT2D eigenvalue weighted by Crippen LogP contribution is -2.77. The number of hydrogen-bond acceptors (Lipinski definition) is 4. The Bertz CT molecular complexity index is 317. The molecule has 0 bridgehead atoms. The van der Waals surface area contributed by atoms with Gasteiger partial charge in [0.1, 0.15) is 0 Å². The Morgan fingerprint density at radius 1 is 1.57 bits per heavy atom. The lowest BCUT2D eigenvalue weighted by molar-refractivity contribution is -0.217. The minimum Gasteiger partial charge on any atom is -0.453 e. The number of nitrogens with one attached hydrogen (secondary N) is 1. The zero-order valence-corrected chi connectivity index (χ0v) is 8.29. The van der Waals surface area contributed by atoms with Gasteiger partial charge in [-0.15, -0.1) is 0 Å². The van der Waals surface area contributed by atoms with Gasteiger partial charge in [-0.3, -0.25) is 4.79 Å². The number of carbonyl (C=O) groups excluding carboxylic acids is 2. The lowest BCUT2D eigenvalue weighted by Gasteiger charge is -2.50. The second-order valence-electron chi connectivity index (χ2n) is 4.06. The van der Waals surface area contributed by atoms with E-state index in [2.05, 4.69) is 5.32 Å². The average Bonchev–Trinajstić information content (AvgIpc) is 2.30. The van der Waals surface area contributed by atoms with Crippen LogP contribution in [0.5, 0.6) is 0 Å². The van der Waals surface area contributed by atoms with Crippen LogP contribution in [0.15, 0.2) is 0 Å². The summed E-state index contributed by atoms with van der Waals surface area (Å²) < 4.78 is 5.12. The molecule has 1 amide bonds. The molecule has 0 spiro atoms. The molecule has 2 heterocycles. The minimum absolute atomic E-state index is 0.102. The van der Waals surface area contributed by atoms with Crippen molar-refractivity contribution in [3.05, 3.63) is 0 Å². The number of carbonyl (C=O) groups is 2. The Balaban J connectivity index is 2.42. The number of esters is 1. The molecule has 0 aromatic rings. The zero-order valence-electron chi connectivity index (χ0n) is 8.29. The zero-order chi connectivity index (χ0) is 10.6. The van der Waals surface area contributed by atoms with Crippen LogP contribution in [-0.4, -0.2) is 29.6 Å². The summed E-state index contributed by atoms with van der Waals surface area (Å²) in [5.74, 6) is -0.818. The van der Waals surface area contributed by atoms with Crippen molar-refractivity contribution in [3.63, 3.8) is 0 Å². The molecule has 5 heteroatoms. The van der Waals surface area contributed by atoms with Crippen LogP contribution in [-0.2, 0) is 14.3 Å². The molecule has 2 aliphatic rings. The summed E-state index contributed by atoms with van der Waals surface area (Å²) in [7, 11) is 0. The highest BCUT2D eigenvalue weighted by Crippen LogP contribution is 2.48. The third-order valence-electron chi connectivity index (χ3n) is 3.53. The number of amides is 1. The van der Waals surface area contributed by atoms with Gasteiger partial charge in [-0.2, -0.15) is 0 Å². The molecule has 3 N–H and O–H groups in total. The van der Waals surface area contributed by atoms with Gasteiger partial charge >= 0.3 is 5.97 Å². The Kier molecular flexibility index (Phi) is 1.67. The molecule has 0 aliphatic carbocycles. The van der Waals surface area contributed by atoms with Crippen LogP contribution in [0.2, 0.25) is 0 Å². The summed E-state index contributed by atoms with van der Waals surface area (Å²) in [4.78, 5) is 22.9. The maximum Gasteiger partial charge on any atom is 0.338 e. The van der Waals surface area contributed by atoms with E-state index in [1.807, 2.05) is 6.92 Å². The van der Waals surface area contributed by atoms with Gasteiger partial charge in [0.25, 0.3) is 0 Å². The van der Waals surface area contributed by atoms with Crippen LogP contribution in [0.4, 0.5) is 0 Å². The van der Waals surface area contributed by atoms with E-state index in [-0.39, 0.29) is 18.4 Å². The average molecular weight is 198 g/mol. The highest BCUT2D eigenvalue weighted by molar-refractivity contribution is 6.01. The molecule has 3 unspecified atom stereocenters. The molecular weight excluding hydrogens is 184 g/mol. The first-order valence-electron chi connectivity index (χ1n) is 4.77. The van der Waals surface area contributed by atoms with Gasteiger partial charge in [0.15, 0.2) is 11.1 Å². The normalized spacial score (nSPS) is 45.2. The molecule has 0 saturated carbocycles. The van der Waals surface area contributed by atoms with Crippen molar-refractivity contribution in [2.24, 2.45) is 11.7 Å². The number of nitrogens with two attached hydrogens (primary N) is 1. The summed E-state index contributed by atoms with van der Waals surface area (Å²) in [6.07, 6.45) is 0.650. The molecule has 0 aromatic heterocycles. The molecule has 5 nitrogen and oxygen atoms in total. The van der Waals surface area contributed by atoms with Gasteiger partial charge in [0.05, 0.1) is 5.92 Å². The van der Waals surface area contributed by atoms with Gasteiger partial charge in [0, 0.05) is 6.54 Å². The highest BCUT2D eigenvalue weighted by atomic mass is 16.6. The van der Waals surface area contributed by atoms with Crippen LogP contribution in [0.25, 0.3) is 0 Å². The maximum absolute atomic E-state index is 11.6. The topological polar surface area (TPSA) is 81.4 Å². The minimum atomic E-state index is -0.968. The molecule has 2 rings (SSSR count). The van der Waals surface area contributed by atoms with E-state index < -0.39 is 17.1 Å². The summed E-state index contributed by atoms with van der Waals surface area (Å²) >= 11 is 0. The van der Waals surface area contributed by atoms with E-state index in [9.17, 15) is 9.59 Å². The first kappa shape index (κ1) is 9.45. The highest BCUT2D eigenvalue weighted by Gasteiger charge is 2.75. The van der Waals surface area contributed by atoms with Gasteiger partial charge in [-0.1, -0.05) is 6.92 Å². The van der Waals surface area contributed by atoms with Crippen molar-refractivity contribution < 1.29 is 14.3 Å². The van der Waals surface area contributed by atoms with Gasteiger partial charge in [-0.25, -0.2) is 4.79 Å². The van der Waals surface area contributed by atoms with Crippen LogP contribution in [0, 0.1) is 5.92 Å². The molecule has 0 aromatic carbocycles. The van der Waals surface area contributed by atoms with Gasteiger partial charge in [0.2, 0.25) is 5.91 Å². The fourth-order valence-corrected chi connectivity index (χ4v) is 2.53. The van der Waals surface area contributed by atoms with Gasteiger partial charge in [-0.05, 0) is 13.3 Å². The molecule has 14 heavy (non-hydrogen) atoms. The molecular formula is C9H14N2O3. The summed E-state index contributed by atoms with van der Waals surface area (Å²) in [5, 5.41) is 2.67. The fourth-order valence-electron chi connectivity index (χ4n) is 2.53. The van der Waals surface area contributed by atoms with Crippen molar-refractivity contribution >= 4 is 11.9 Å². The Morgan fingerprint density at radius 2 is 2.21 bits per heavy atom. The van der Waals surface area contributed by atoms with E-state index in [1.54, 1.807) is 6.92 Å². The Labute approximate surface area is 82.0 Å². The largest absolute Gasteiger partial charge is 0.453 e. The van der Waals surface area contributed by atoms with Crippen molar-refractivity contribution in [3.8, 4) is 0 Å². The molecule has 2 fully saturated rings. The van der Waals surface area contributed by atoms with E-state index >= 15 is 0 Å². The SMILES string of the molecule is CCC1C(=O)NC2(CN)C(=O)OC12C. The number of fused-ring (bicyclic) bond motifs is 1. The van der Waals surface area contributed by atoms with E-state index in [0.717, 1.165) is 0 Å². The number of ether oxygens (including phenoxy) is 1. The Morgan fingerprint density at radius 3 is 2.57 bits per heavy atom. The summed E-state index contributed by atoms with van der Waals surface area (Å²) in [5.41, 5.74) is 3.84. The first-order valence-corrected chi connectivity index (χ1v) is 4.77. The maximum atomic E-state index is 11.6. The molecule has 0 radical (unpaired) electrons. The van der Waals surface area contributed by atoms with Crippen LogP contribution in [0.3, 0.4) is 0 Å². The second kappa shape index (κ2) is 2.48. The van der Waals surface area contributed by atoms with Crippen molar-refractivity contribution in [1.29, 1.82) is 0 Å². The summed E-state index contributed by atoms with van der Waals surface area (Å²) in [6.45, 7) is 3.77. The quantitative estimate of drug-likeness (QED) is 0.567. The van der Waals surface area contributed by atoms with Crippen molar-refractivity contribution in [1.82, 2.24) is 5.32 Å². The third kappa shape index (κ3) is 0.706. The van der Waals surface area contributed by atoms with Crippen molar-refractivity contribution in [2.75, 3.05) is 6.54 Å².